The van der Waals surface area contributed by atoms with Crippen LogP contribution in [-0.4, -0.2) is 34.9 Å². The van der Waals surface area contributed by atoms with E-state index in [4.69, 9.17) is 9.47 Å². The lowest BCUT2D eigenvalue weighted by Gasteiger charge is -2.31. The number of aromatic nitrogens is 3. The molecule has 2 N–H and O–H groups in total. The molecule has 0 radical (unpaired) electrons. The van der Waals surface area contributed by atoms with Crippen molar-refractivity contribution in [2.45, 2.75) is 18.5 Å². The SMILES string of the molecule is COc1ccc(C(=O)Nc2nc3n(n2)[C@H](c2ccccc2)C[C@@H](c2ccccc2)N3)cc1OC. The van der Waals surface area contributed by atoms with Crippen molar-refractivity contribution in [3.63, 3.8) is 0 Å². The van der Waals surface area contributed by atoms with E-state index in [0.29, 0.717) is 23.0 Å². The highest BCUT2D eigenvalue weighted by Gasteiger charge is 2.31. The summed E-state index contributed by atoms with van der Waals surface area (Å²) in [6, 6.07) is 25.5. The molecule has 2 atom stereocenters. The van der Waals surface area contributed by atoms with Crippen molar-refractivity contribution < 1.29 is 14.3 Å². The van der Waals surface area contributed by atoms with Crippen LogP contribution in [0.25, 0.3) is 0 Å². The second-order valence-corrected chi connectivity index (χ2v) is 8.00. The average molecular weight is 456 g/mol. The van der Waals surface area contributed by atoms with Crippen LogP contribution in [0, 0.1) is 0 Å². The largest absolute Gasteiger partial charge is 0.493 e. The first-order valence-corrected chi connectivity index (χ1v) is 11.0. The molecule has 0 aliphatic carbocycles. The van der Waals surface area contributed by atoms with Gasteiger partial charge in [0.05, 0.1) is 26.3 Å². The zero-order valence-electron chi connectivity index (χ0n) is 18.9. The number of benzene rings is 3. The molecule has 1 aromatic heterocycles. The van der Waals surface area contributed by atoms with Gasteiger partial charge in [-0.3, -0.25) is 10.1 Å². The molecule has 0 spiro atoms. The highest BCUT2D eigenvalue weighted by atomic mass is 16.5. The maximum absolute atomic E-state index is 12.9. The quantitative estimate of drug-likeness (QED) is 0.438. The zero-order chi connectivity index (χ0) is 23.5. The Balaban J connectivity index is 1.45. The summed E-state index contributed by atoms with van der Waals surface area (Å²) in [4.78, 5) is 17.5. The number of ether oxygens (including phenoxy) is 2. The van der Waals surface area contributed by atoms with Gasteiger partial charge in [0, 0.05) is 5.56 Å². The molecule has 0 bridgehead atoms. The van der Waals surface area contributed by atoms with Crippen LogP contribution < -0.4 is 20.1 Å². The van der Waals surface area contributed by atoms with Crippen LogP contribution in [0.3, 0.4) is 0 Å². The first-order valence-electron chi connectivity index (χ1n) is 11.0. The number of hydrogen-bond acceptors (Lipinski definition) is 6. The average Bonchev–Trinajstić information content (AvgIpc) is 3.30. The van der Waals surface area contributed by atoms with Crippen molar-refractivity contribution >= 4 is 17.8 Å². The fraction of sp³-hybridized carbons (Fsp3) is 0.192. The van der Waals surface area contributed by atoms with Crippen LogP contribution in [0.4, 0.5) is 11.9 Å². The topological polar surface area (TPSA) is 90.3 Å². The summed E-state index contributed by atoms with van der Waals surface area (Å²) < 4.78 is 12.4. The van der Waals surface area contributed by atoms with Gasteiger partial charge in [0.2, 0.25) is 5.95 Å². The standard InChI is InChI=1S/C26H25N5O3/c1-33-22-14-13-19(15-23(22)34-2)24(32)28-25-29-26-27-20(17-9-5-3-6-10-17)16-21(31(26)30-25)18-11-7-4-8-12-18/h3-15,20-21H,16H2,1-2H3,(H2,27,28,29,30,32)/t20-,21-/m0/s1. The predicted molar refractivity (Wildman–Crippen MR) is 130 cm³/mol. The molecule has 5 rings (SSSR count). The molecule has 1 aliphatic heterocycles. The Kier molecular flexibility index (Phi) is 5.86. The maximum Gasteiger partial charge on any atom is 0.258 e. The molecule has 0 saturated carbocycles. The van der Waals surface area contributed by atoms with Crippen LogP contribution in [0.5, 0.6) is 11.5 Å². The summed E-state index contributed by atoms with van der Waals surface area (Å²) in [5.41, 5.74) is 2.72. The van der Waals surface area contributed by atoms with E-state index in [1.807, 2.05) is 41.1 Å². The molecular weight excluding hydrogens is 430 g/mol. The number of methoxy groups -OCH3 is 2. The molecule has 0 unspecified atom stereocenters. The van der Waals surface area contributed by atoms with Gasteiger partial charge in [-0.05, 0) is 35.7 Å². The number of carbonyl (C=O) groups excluding carboxylic acids is 1. The summed E-state index contributed by atoms with van der Waals surface area (Å²) in [5, 5.41) is 10.9. The number of hydrogen-bond donors (Lipinski definition) is 2. The van der Waals surface area contributed by atoms with E-state index in [0.717, 1.165) is 12.0 Å². The number of nitrogens with one attached hydrogen (secondary N) is 2. The van der Waals surface area contributed by atoms with E-state index in [2.05, 4.69) is 45.0 Å². The summed E-state index contributed by atoms with van der Waals surface area (Å²) >= 11 is 0. The second-order valence-electron chi connectivity index (χ2n) is 8.00. The van der Waals surface area contributed by atoms with Crippen molar-refractivity contribution in [2.24, 2.45) is 0 Å². The van der Waals surface area contributed by atoms with Gasteiger partial charge in [0.25, 0.3) is 11.9 Å². The third kappa shape index (κ3) is 4.17. The third-order valence-corrected chi connectivity index (χ3v) is 5.95. The maximum atomic E-state index is 12.9. The van der Waals surface area contributed by atoms with Gasteiger partial charge in [-0.25, -0.2) is 4.68 Å². The van der Waals surface area contributed by atoms with Gasteiger partial charge in [-0.2, -0.15) is 4.98 Å². The molecule has 4 aromatic rings. The van der Waals surface area contributed by atoms with E-state index in [-0.39, 0.29) is 23.9 Å². The molecule has 2 heterocycles. The Labute approximate surface area is 197 Å². The van der Waals surface area contributed by atoms with E-state index >= 15 is 0 Å². The number of nitrogens with zero attached hydrogens (tertiary/aromatic N) is 3. The smallest absolute Gasteiger partial charge is 0.258 e. The summed E-state index contributed by atoms with van der Waals surface area (Å²) in [6.45, 7) is 0. The molecule has 1 aliphatic rings. The number of rotatable bonds is 6. The third-order valence-electron chi connectivity index (χ3n) is 5.95. The van der Waals surface area contributed by atoms with Crippen molar-refractivity contribution in [1.82, 2.24) is 14.8 Å². The molecule has 172 valence electrons. The highest BCUT2D eigenvalue weighted by Crippen LogP contribution is 2.38. The van der Waals surface area contributed by atoms with E-state index < -0.39 is 0 Å². The van der Waals surface area contributed by atoms with E-state index in [1.54, 1.807) is 25.3 Å². The Morgan fingerprint density at radius 1 is 0.941 bits per heavy atom. The summed E-state index contributed by atoms with van der Waals surface area (Å²) in [7, 11) is 3.08. The lowest BCUT2D eigenvalue weighted by Crippen LogP contribution is -2.28. The predicted octanol–water partition coefficient (Wildman–Crippen LogP) is 4.69. The number of anilines is 2. The Morgan fingerprint density at radius 3 is 2.29 bits per heavy atom. The Hall–Kier alpha value is -4.33. The molecule has 0 saturated heterocycles. The Bertz CT molecular complexity index is 1290. The molecule has 1 amide bonds. The van der Waals surface area contributed by atoms with Crippen LogP contribution in [0.1, 0.15) is 40.0 Å². The minimum Gasteiger partial charge on any atom is -0.493 e. The van der Waals surface area contributed by atoms with Gasteiger partial charge in [-0.15, -0.1) is 5.10 Å². The fourth-order valence-electron chi connectivity index (χ4n) is 4.24. The summed E-state index contributed by atoms with van der Waals surface area (Å²) in [5.74, 6) is 1.54. The van der Waals surface area contributed by atoms with Crippen molar-refractivity contribution in [3.05, 3.63) is 95.6 Å². The minimum absolute atomic E-state index is 0.0260. The molecule has 0 fully saturated rings. The van der Waals surface area contributed by atoms with E-state index in [9.17, 15) is 4.79 Å². The van der Waals surface area contributed by atoms with Crippen LogP contribution >= 0.6 is 0 Å². The van der Waals surface area contributed by atoms with Crippen molar-refractivity contribution in [1.29, 1.82) is 0 Å². The lowest BCUT2D eigenvalue weighted by atomic mass is 9.93. The fourth-order valence-corrected chi connectivity index (χ4v) is 4.24. The minimum atomic E-state index is -0.334. The molecule has 3 aromatic carbocycles. The van der Waals surface area contributed by atoms with Gasteiger partial charge in [0.15, 0.2) is 11.5 Å². The van der Waals surface area contributed by atoms with Crippen LogP contribution in [0.15, 0.2) is 78.9 Å². The summed E-state index contributed by atoms with van der Waals surface area (Å²) in [6.07, 6.45) is 0.799. The molecule has 8 heteroatoms. The number of carbonyl (C=O) groups is 1. The van der Waals surface area contributed by atoms with Gasteiger partial charge >= 0.3 is 0 Å². The van der Waals surface area contributed by atoms with Crippen molar-refractivity contribution in [3.8, 4) is 11.5 Å². The Morgan fingerprint density at radius 2 is 1.62 bits per heavy atom. The van der Waals surface area contributed by atoms with Crippen LogP contribution in [0.2, 0.25) is 0 Å². The van der Waals surface area contributed by atoms with Gasteiger partial charge in [0.1, 0.15) is 0 Å². The molecular formula is C26H25N5O3. The van der Waals surface area contributed by atoms with E-state index in [1.165, 1.54) is 12.7 Å². The highest BCUT2D eigenvalue weighted by molar-refractivity contribution is 6.03. The molecule has 34 heavy (non-hydrogen) atoms. The second kappa shape index (κ2) is 9.27. The number of amides is 1. The normalized spacial score (nSPS) is 16.8. The first kappa shape index (κ1) is 21.5. The molecule has 8 nitrogen and oxygen atoms in total. The monoisotopic (exact) mass is 455 g/mol. The lowest BCUT2D eigenvalue weighted by molar-refractivity contribution is 0.102. The first-order chi connectivity index (χ1) is 16.7. The van der Waals surface area contributed by atoms with Gasteiger partial charge in [-0.1, -0.05) is 60.7 Å². The zero-order valence-corrected chi connectivity index (χ0v) is 18.9. The number of fused-ring (bicyclic) bond motifs is 1. The van der Waals surface area contributed by atoms with Crippen LogP contribution in [-0.2, 0) is 0 Å². The van der Waals surface area contributed by atoms with Gasteiger partial charge < -0.3 is 14.8 Å². The van der Waals surface area contributed by atoms with Crippen molar-refractivity contribution in [2.75, 3.05) is 24.9 Å².